The van der Waals surface area contributed by atoms with Crippen molar-refractivity contribution in [1.82, 2.24) is 10.2 Å². The van der Waals surface area contributed by atoms with Crippen molar-refractivity contribution in [2.75, 3.05) is 0 Å². The summed E-state index contributed by atoms with van der Waals surface area (Å²) in [5.74, 6) is -2.00. The fourth-order valence-corrected chi connectivity index (χ4v) is 3.35. The number of carbonyl (C=O) groups is 3. The Labute approximate surface area is 161 Å². The number of fused-ring (bicyclic) bond motifs is 1. The van der Waals surface area contributed by atoms with E-state index in [1.54, 1.807) is 24.3 Å². The van der Waals surface area contributed by atoms with E-state index in [0.717, 1.165) is 11.1 Å². The van der Waals surface area contributed by atoms with Crippen LogP contribution in [0.25, 0.3) is 0 Å². The molecule has 0 fully saturated rings. The number of rotatable bonds is 4. The third-order valence-corrected chi connectivity index (χ3v) is 4.98. The summed E-state index contributed by atoms with van der Waals surface area (Å²) in [4.78, 5) is 38.4. The lowest BCUT2D eigenvalue weighted by Crippen LogP contribution is -2.55. The minimum atomic E-state index is -1.14. The predicted octanol–water partition coefficient (Wildman–Crippen LogP) is 2.50. The maximum Gasteiger partial charge on any atom is 0.325 e. The van der Waals surface area contributed by atoms with Crippen LogP contribution in [0, 0.1) is 0 Å². The molecule has 0 saturated heterocycles. The van der Waals surface area contributed by atoms with Crippen molar-refractivity contribution in [3.05, 3.63) is 70.2 Å². The molecule has 1 unspecified atom stereocenters. The third kappa shape index (κ3) is 3.95. The van der Waals surface area contributed by atoms with Crippen LogP contribution < -0.4 is 5.32 Å². The topological polar surface area (TPSA) is 86.7 Å². The van der Waals surface area contributed by atoms with Crippen molar-refractivity contribution in [2.45, 2.75) is 32.0 Å². The van der Waals surface area contributed by atoms with Gasteiger partial charge in [0.25, 0.3) is 5.91 Å². The van der Waals surface area contributed by atoms with Gasteiger partial charge in [-0.1, -0.05) is 48.0 Å². The number of hydrogen-bond donors (Lipinski definition) is 2. The second kappa shape index (κ2) is 7.80. The molecule has 2 aromatic carbocycles. The summed E-state index contributed by atoms with van der Waals surface area (Å²) in [6, 6.07) is 12.4. The maximum atomic E-state index is 13.1. The van der Waals surface area contributed by atoms with E-state index in [9.17, 15) is 14.4 Å². The van der Waals surface area contributed by atoms with Crippen LogP contribution in [0.3, 0.4) is 0 Å². The van der Waals surface area contributed by atoms with Gasteiger partial charge >= 0.3 is 5.97 Å². The second-order valence-electron chi connectivity index (χ2n) is 6.47. The van der Waals surface area contributed by atoms with Crippen LogP contribution >= 0.6 is 11.6 Å². The van der Waals surface area contributed by atoms with E-state index in [1.807, 2.05) is 24.3 Å². The largest absolute Gasteiger partial charge is 0.480 e. The van der Waals surface area contributed by atoms with E-state index in [-0.39, 0.29) is 12.5 Å². The fourth-order valence-electron chi connectivity index (χ4n) is 3.13. The smallest absolute Gasteiger partial charge is 0.325 e. The molecule has 0 spiro atoms. The fraction of sp³-hybridized carbons (Fsp3) is 0.250. The van der Waals surface area contributed by atoms with Crippen LogP contribution in [0.15, 0.2) is 48.5 Å². The lowest BCUT2D eigenvalue weighted by molar-refractivity contribution is -0.142. The normalized spacial score (nSPS) is 17.0. The van der Waals surface area contributed by atoms with Crippen LogP contribution in [0.2, 0.25) is 5.02 Å². The quantitative estimate of drug-likeness (QED) is 0.845. The summed E-state index contributed by atoms with van der Waals surface area (Å²) in [7, 11) is 0. The Morgan fingerprint density at radius 1 is 1.11 bits per heavy atom. The molecule has 0 aromatic heterocycles. The molecule has 6 nitrogen and oxygen atoms in total. The SMILES string of the molecule is C[C@H](NC(=O)C1Cc2ccccc2CN1C(=O)c1ccccc1Cl)C(=O)O. The average Bonchev–Trinajstić information content (AvgIpc) is 2.66. The summed E-state index contributed by atoms with van der Waals surface area (Å²) in [5.41, 5.74) is 2.22. The molecule has 2 atom stereocenters. The Morgan fingerprint density at radius 2 is 1.74 bits per heavy atom. The van der Waals surface area contributed by atoms with Gasteiger partial charge < -0.3 is 15.3 Å². The molecule has 2 amide bonds. The van der Waals surface area contributed by atoms with Crippen LogP contribution in [0.4, 0.5) is 0 Å². The van der Waals surface area contributed by atoms with Crippen molar-refractivity contribution < 1.29 is 19.5 Å². The van der Waals surface area contributed by atoms with Gasteiger partial charge in [-0.15, -0.1) is 0 Å². The number of nitrogens with one attached hydrogen (secondary N) is 1. The van der Waals surface area contributed by atoms with Gasteiger partial charge in [0.05, 0.1) is 10.6 Å². The predicted molar refractivity (Wildman–Crippen MR) is 101 cm³/mol. The van der Waals surface area contributed by atoms with Crippen molar-refractivity contribution >= 4 is 29.4 Å². The number of aliphatic carboxylic acids is 1. The molecular weight excluding hydrogens is 368 g/mol. The summed E-state index contributed by atoms with van der Waals surface area (Å²) in [6.07, 6.45) is 0.310. The van der Waals surface area contributed by atoms with Crippen LogP contribution in [0.5, 0.6) is 0 Å². The molecule has 0 aliphatic carbocycles. The van der Waals surface area contributed by atoms with Gasteiger partial charge in [-0.05, 0) is 30.2 Å². The van der Waals surface area contributed by atoms with Crippen molar-refractivity contribution in [3.8, 4) is 0 Å². The number of halogens is 1. The molecule has 0 radical (unpaired) electrons. The molecule has 27 heavy (non-hydrogen) atoms. The maximum absolute atomic E-state index is 13.1. The van der Waals surface area contributed by atoms with Gasteiger partial charge in [-0.25, -0.2) is 0 Å². The molecule has 0 bridgehead atoms. The Balaban J connectivity index is 1.95. The molecule has 2 aromatic rings. The van der Waals surface area contributed by atoms with E-state index < -0.39 is 24.0 Å². The number of carboxylic acid groups (broad SMARTS) is 1. The lowest BCUT2D eigenvalue weighted by atomic mass is 9.92. The van der Waals surface area contributed by atoms with Crippen molar-refractivity contribution in [3.63, 3.8) is 0 Å². The molecule has 1 aliphatic rings. The number of carboxylic acids is 1. The first-order valence-corrected chi connectivity index (χ1v) is 8.91. The van der Waals surface area contributed by atoms with Crippen LogP contribution in [-0.4, -0.2) is 39.9 Å². The zero-order valence-corrected chi connectivity index (χ0v) is 15.4. The second-order valence-corrected chi connectivity index (χ2v) is 6.88. The number of hydrogen-bond acceptors (Lipinski definition) is 3. The Morgan fingerprint density at radius 3 is 2.41 bits per heavy atom. The highest BCUT2D eigenvalue weighted by Crippen LogP contribution is 2.27. The number of carbonyl (C=O) groups excluding carboxylic acids is 2. The minimum absolute atomic E-state index is 0.250. The summed E-state index contributed by atoms with van der Waals surface area (Å²) in [6.45, 7) is 1.64. The Kier molecular flexibility index (Phi) is 5.46. The molecule has 1 aliphatic heterocycles. The lowest BCUT2D eigenvalue weighted by Gasteiger charge is -2.36. The summed E-state index contributed by atoms with van der Waals surface area (Å²) >= 11 is 6.17. The van der Waals surface area contributed by atoms with E-state index in [0.29, 0.717) is 17.0 Å². The highest BCUT2D eigenvalue weighted by atomic mass is 35.5. The summed E-state index contributed by atoms with van der Waals surface area (Å²) < 4.78 is 0. The first-order chi connectivity index (χ1) is 12.9. The third-order valence-electron chi connectivity index (χ3n) is 4.65. The van der Waals surface area contributed by atoms with Crippen LogP contribution in [-0.2, 0) is 22.6 Å². The van der Waals surface area contributed by atoms with Gasteiger partial charge in [0.15, 0.2) is 0 Å². The van der Waals surface area contributed by atoms with Crippen molar-refractivity contribution in [2.24, 2.45) is 0 Å². The van der Waals surface area contributed by atoms with Crippen LogP contribution in [0.1, 0.15) is 28.4 Å². The number of benzene rings is 2. The minimum Gasteiger partial charge on any atom is -0.480 e. The Hall–Kier alpha value is -2.86. The first-order valence-electron chi connectivity index (χ1n) is 8.54. The van der Waals surface area contributed by atoms with Gasteiger partial charge in [0.1, 0.15) is 12.1 Å². The van der Waals surface area contributed by atoms with Gasteiger partial charge in [-0.2, -0.15) is 0 Å². The highest BCUT2D eigenvalue weighted by Gasteiger charge is 2.36. The molecule has 7 heteroatoms. The van der Waals surface area contributed by atoms with E-state index in [4.69, 9.17) is 16.7 Å². The first kappa shape index (κ1) is 18.9. The van der Waals surface area contributed by atoms with Crippen molar-refractivity contribution in [1.29, 1.82) is 0 Å². The molecule has 0 saturated carbocycles. The zero-order chi connectivity index (χ0) is 19.6. The number of nitrogens with zero attached hydrogens (tertiary/aromatic N) is 1. The monoisotopic (exact) mass is 386 g/mol. The molecular formula is C20H19ClN2O4. The van der Waals surface area contributed by atoms with Gasteiger partial charge in [0, 0.05) is 13.0 Å². The Bertz CT molecular complexity index is 899. The highest BCUT2D eigenvalue weighted by molar-refractivity contribution is 6.33. The standard InChI is InChI=1S/C20H19ClN2O4/c1-12(20(26)27)22-18(24)17-10-13-6-2-3-7-14(13)11-23(17)19(25)15-8-4-5-9-16(15)21/h2-9,12,17H,10-11H2,1H3,(H,22,24)(H,26,27)/t12-,17?/m0/s1. The molecule has 2 N–H and O–H groups in total. The molecule has 3 rings (SSSR count). The average molecular weight is 387 g/mol. The zero-order valence-electron chi connectivity index (χ0n) is 14.7. The van der Waals surface area contributed by atoms with E-state index >= 15 is 0 Å². The van der Waals surface area contributed by atoms with Gasteiger partial charge in [0.2, 0.25) is 5.91 Å². The number of amides is 2. The molecule has 140 valence electrons. The van der Waals surface area contributed by atoms with E-state index in [2.05, 4.69) is 5.32 Å². The summed E-state index contributed by atoms with van der Waals surface area (Å²) in [5, 5.41) is 11.8. The molecule has 1 heterocycles. The van der Waals surface area contributed by atoms with Gasteiger partial charge in [-0.3, -0.25) is 14.4 Å². The van der Waals surface area contributed by atoms with E-state index in [1.165, 1.54) is 11.8 Å².